The zero-order valence-electron chi connectivity index (χ0n) is 12.7. The summed E-state index contributed by atoms with van der Waals surface area (Å²) in [5.41, 5.74) is 0.576. The van der Waals surface area contributed by atoms with Crippen molar-refractivity contribution in [1.82, 2.24) is 15.0 Å². The Morgan fingerprint density at radius 2 is 2.32 bits per heavy atom. The number of rotatable bonds is 7. The van der Waals surface area contributed by atoms with Crippen LogP contribution in [0.4, 0.5) is 0 Å². The Balaban J connectivity index is 1.90. The molecule has 1 aliphatic heterocycles. The monoisotopic (exact) mass is 315 g/mol. The smallest absolute Gasteiger partial charge is 0.331 e. The highest BCUT2D eigenvalue weighted by Crippen LogP contribution is 2.28. The summed E-state index contributed by atoms with van der Waals surface area (Å²) in [6.45, 7) is -0.0548. The molecule has 1 N–H and O–H groups in total. The van der Waals surface area contributed by atoms with Gasteiger partial charge in [0.15, 0.2) is 6.23 Å². The van der Waals surface area contributed by atoms with Crippen LogP contribution in [0.15, 0.2) is 6.20 Å². The van der Waals surface area contributed by atoms with E-state index in [0.717, 1.165) is 0 Å². The Kier molecular flexibility index (Phi) is 6.25. The number of carbonyl (C=O) groups excluding carboxylic acids is 1. The van der Waals surface area contributed by atoms with Gasteiger partial charge in [0.05, 0.1) is 38.7 Å². The van der Waals surface area contributed by atoms with Crippen molar-refractivity contribution < 1.29 is 28.8 Å². The van der Waals surface area contributed by atoms with E-state index in [4.69, 9.17) is 14.2 Å². The van der Waals surface area contributed by atoms with Crippen LogP contribution in [0.2, 0.25) is 0 Å². The van der Waals surface area contributed by atoms with Crippen molar-refractivity contribution >= 4 is 5.97 Å². The summed E-state index contributed by atoms with van der Waals surface area (Å²) >= 11 is 0. The van der Waals surface area contributed by atoms with Gasteiger partial charge in [-0.05, 0) is 0 Å². The molecule has 0 aromatic carbocycles. The molecule has 2 heterocycles. The van der Waals surface area contributed by atoms with Crippen molar-refractivity contribution in [2.75, 3.05) is 27.4 Å². The largest absolute Gasteiger partial charge is 0.467 e. The van der Waals surface area contributed by atoms with Gasteiger partial charge in [0.1, 0.15) is 12.3 Å². The van der Waals surface area contributed by atoms with Crippen LogP contribution < -0.4 is 0 Å². The van der Waals surface area contributed by atoms with Crippen LogP contribution in [-0.2, 0) is 30.3 Å². The van der Waals surface area contributed by atoms with Gasteiger partial charge in [-0.2, -0.15) is 0 Å². The van der Waals surface area contributed by atoms with Crippen LogP contribution in [0.5, 0.6) is 0 Å². The van der Waals surface area contributed by atoms with E-state index in [1.54, 1.807) is 18.0 Å². The highest BCUT2D eigenvalue weighted by Gasteiger charge is 2.31. The van der Waals surface area contributed by atoms with E-state index in [9.17, 15) is 9.90 Å². The Morgan fingerprint density at radius 1 is 1.50 bits per heavy atom. The quantitative estimate of drug-likeness (QED) is 0.681. The lowest BCUT2D eigenvalue weighted by Crippen LogP contribution is -2.36. The molecule has 1 saturated heterocycles. The minimum Gasteiger partial charge on any atom is -0.467 e. The van der Waals surface area contributed by atoms with Gasteiger partial charge in [0.25, 0.3) is 0 Å². The molecule has 9 nitrogen and oxygen atoms in total. The molecule has 3 unspecified atom stereocenters. The van der Waals surface area contributed by atoms with Crippen molar-refractivity contribution in [2.24, 2.45) is 0 Å². The maximum atomic E-state index is 10.9. The lowest BCUT2D eigenvalue weighted by atomic mass is 10.0. The Labute approximate surface area is 128 Å². The number of hydrogen-bond donors (Lipinski definition) is 1. The maximum Gasteiger partial charge on any atom is 0.331 e. The Bertz CT molecular complexity index is 468. The summed E-state index contributed by atoms with van der Waals surface area (Å²) in [6.07, 6.45) is 2.32. The van der Waals surface area contributed by atoms with Gasteiger partial charge in [-0.1, -0.05) is 5.21 Å². The third-order valence-corrected chi connectivity index (χ3v) is 3.43. The fourth-order valence-corrected chi connectivity index (χ4v) is 2.25. The van der Waals surface area contributed by atoms with Gasteiger partial charge >= 0.3 is 5.97 Å². The van der Waals surface area contributed by atoms with Crippen LogP contribution in [-0.4, -0.2) is 65.7 Å². The number of aliphatic hydroxyl groups excluding tert-OH is 1. The van der Waals surface area contributed by atoms with Crippen LogP contribution in [0.1, 0.15) is 24.8 Å². The van der Waals surface area contributed by atoms with E-state index in [1.165, 1.54) is 7.11 Å². The average molecular weight is 315 g/mol. The van der Waals surface area contributed by atoms with Crippen LogP contribution in [0.3, 0.4) is 0 Å². The predicted molar refractivity (Wildman–Crippen MR) is 72.7 cm³/mol. The molecule has 0 spiro atoms. The third-order valence-electron chi connectivity index (χ3n) is 3.43. The van der Waals surface area contributed by atoms with Gasteiger partial charge in [0.2, 0.25) is 0 Å². The van der Waals surface area contributed by atoms with E-state index in [0.29, 0.717) is 18.5 Å². The topological polar surface area (TPSA) is 105 Å². The van der Waals surface area contributed by atoms with Gasteiger partial charge in [-0.15, -0.1) is 5.10 Å². The summed E-state index contributed by atoms with van der Waals surface area (Å²) in [5.74, 6) is -0.447. The van der Waals surface area contributed by atoms with Crippen molar-refractivity contribution in [3.05, 3.63) is 11.9 Å². The summed E-state index contributed by atoms with van der Waals surface area (Å²) in [4.78, 5) is 10.9. The van der Waals surface area contributed by atoms with Crippen LogP contribution in [0, 0.1) is 0 Å². The van der Waals surface area contributed by atoms with Crippen molar-refractivity contribution in [1.29, 1.82) is 0 Å². The lowest BCUT2D eigenvalue weighted by Gasteiger charge is -2.33. The van der Waals surface area contributed by atoms with Crippen LogP contribution in [0.25, 0.3) is 0 Å². The summed E-state index contributed by atoms with van der Waals surface area (Å²) < 4.78 is 22.3. The normalized spacial score (nSPS) is 25.1. The first kappa shape index (κ1) is 16.8. The predicted octanol–water partition coefficient (Wildman–Crippen LogP) is -0.347. The second-order valence-corrected chi connectivity index (χ2v) is 4.98. The average Bonchev–Trinajstić information content (AvgIpc) is 3.03. The second-order valence-electron chi connectivity index (χ2n) is 4.98. The molecule has 1 aromatic rings. The van der Waals surface area contributed by atoms with E-state index in [2.05, 4.69) is 15.0 Å². The number of aliphatic hydroxyl groups is 1. The van der Waals surface area contributed by atoms with Crippen LogP contribution >= 0.6 is 0 Å². The van der Waals surface area contributed by atoms with Crippen molar-refractivity contribution in [2.45, 2.75) is 37.9 Å². The maximum absolute atomic E-state index is 10.9. The number of esters is 1. The number of carbonyl (C=O) groups is 1. The van der Waals surface area contributed by atoms with Gasteiger partial charge < -0.3 is 24.1 Å². The summed E-state index contributed by atoms with van der Waals surface area (Å²) in [6, 6.07) is 0. The highest BCUT2D eigenvalue weighted by atomic mass is 16.6. The zero-order valence-corrected chi connectivity index (χ0v) is 12.7. The molecule has 0 saturated carbocycles. The minimum absolute atomic E-state index is 0.000811. The molecule has 22 heavy (non-hydrogen) atoms. The molecule has 1 aliphatic rings. The second kappa shape index (κ2) is 8.18. The third kappa shape index (κ3) is 4.47. The van der Waals surface area contributed by atoms with Crippen molar-refractivity contribution in [3.63, 3.8) is 0 Å². The van der Waals surface area contributed by atoms with E-state index in [1.807, 2.05) is 0 Å². The zero-order chi connectivity index (χ0) is 15.9. The molecule has 0 aliphatic carbocycles. The summed E-state index contributed by atoms with van der Waals surface area (Å²) in [5, 5.41) is 17.2. The molecule has 2 rings (SSSR count). The fourth-order valence-electron chi connectivity index (χ4n) is 2.25. The highest BCUT2D eigenvalue weighted by molar-refractivity contribution is 5.70. The molecule has 9 heteroatoms. The van der Waals surface area contributed by atoms with E-state index < -0.39 is 5.97 Å². The van der Waals surface area contributed by atoms with Gasteiger partial charge in [0, 0.05) is 20.0 Å². The Hall–Kier alpha value is -1.55. The summed E-state index contributed by atoms with van der Waals surface area (Å²) in [7, 11) is 2.93. The molecule has 0 radical (unpaired) electrons. The molecule has 124 valence electrons. The molecule has 0 amide bonds. The lowest BCUT2D eigenvalue weighted by molar-refractivity contribution is -0.153. The first-order chi connectivity index (χ1) is 10.7. The van der Waals surface area contributed by atoms with E-state index in [-0.39, 0.29) is 38.3 Å². The molecule has 1 aromatic heterocycles. The first-order valence-electron chi connectivity index (χ1n) is 7.00. The van der Waals surface area contributed by atoms with Gasteiger partial charge in [-0.3, -0.25) is 0 Å². The molecule has 3 atom stereocenters. The van der Waals surface area contributed by atoms with E-state index >= 15 is 0 Å². The standard InChI is InChI=1S/C13H21N3O6/c1-19-10-3-11(6-17)22-12(4-10)16-5-9(14-15-16)7-21-8-13(18)20-2/h5,10-12,17H,3-4,6-8H2,1-2H3. The molecule has 1 fully saturated rings. The molecular formula is C13H21N3O6. The number of aromatic nitrogens is 3. The molecular weight excluding hydrogens is 294 g/mol. The number of hydrogen-bond acceptors (Lipinski definition) is 8. The van der Waals surface area contributed by atoms with Gasteiger partial charge in [-0.25, -0.2) is 9.48 Å². The van der Waals surface area contributed by atoms with Crippen molar-refractivity contribution in [3.8, 4) is 0 Å². The Morgan fingerprint density at radius 3 is 3.00 bits per heavy atom. The number of methoxy groups -OCH3 is 2. The molecule has 0 bridgehead atoms. The minimum atomic E-state index is -0.447. The first-order valence-corrected chi connectivity index (χ1v) is 7.00. The number of ether oxygens (including phenoxy) is 4. The SMILES string of the molecule is COC(=O)COCc1cn(C2CC(OC)CC(CO)O2)nn1. The fraction of sp³-hybridized carbons (Fsp3) is 0.769. The number of nitrogens with zero attached hydrogens (tertiary/aromatic N) is 3.